The van der Waals surface area contributed by atoms with E-state index in [1.807, 2.05) is 35.7 Å². The number of hydrogen-bond donors (Lipinski definition) is 1. The number of aromatic nitrogens is 2. The lowest BCUT2D eigenvalue weighted by atomic mass is 10.1. The number of carbonyl (C=O) groups is 1. The Labute approximate surface area is 164 Å². The molecular formula is C21H16FN3O2S. The van der Waals surface area contributed by atoms with E-state index in [0.717, 1.165) is 11.1 Å². The zero-order valence-electron chi connectivity index (χ0n) is 14.8. The van der Waals surface area contributed by atoms with Crippen LogP contribution in [-0.2, 0) is 17.9 Å². The van der Waals surface area contributed by atoms with E-state index >= 15 is 0 Å². The second-order valence-corrected chi connectivity index (χ2v) is 7.13. The lowest BCUT2D eigenvalue weighted by molar-refractivity contribution is -0.121. The van der Waals surface area contributed by atoms with Crippen molar-refractivity contribution in [3.63, 3.8) is 0 Å². The third kappa shape index (κ3) is 3.70. The van der Waals surface area contributed by atoms with Crippen LogP contribution in [0, 0.1) is 5.82 Å². The highest BCUT2D eigenvalue weighted by molar-refractivity contribution is 7.17. The maximum atomic E-state index is 13.2. The molecule has 0 aliphatic carbocycles. The zero-order valence-corrected chi connectivity index (χ0v) is 15.6. The molecule has 4 aromatic rings. The highest BCUT2D eigenvalue weighted by Gasteiger charge is 2.14. The predicted octanol–water partition coefficient (Wildman–Crippen LogP) is 3.58. The summed E-state index contributed by atoms with van der Waals surface area (Å²) >= 11 is 1.34. The molecule has 0 atom stereocenters. The van der Waals surface area contributed by atoms with Crippen molar-refractivity contribution >= 4 is 27.5 Å². The van der Waals surface area contributed by atoms with Crippen molar-refractivity contribution in [1.82, 2.24) is 14.9 Å². The van der Waals surface area contributed by atoms with E-state index in [-0.39, 0.29) is 23.8 Å². The van der Waals surface area contributed by atoms with Crippen LogP contribution >= 0.6 is 11.3 Å². The van der Waals surface area contributed by atoms with Crippen molar-refractivity contribution in [2.45, 2.75) is 13.1 Å². The summed E-state index contributed by atoms with van der Waals surface area (Å²) in [6.07, 6.45) is 1.39. The fourth-order valence-electron chi connectivity index (χ4n) is 2.93. The van der Waals surface area contributed by atoms with Crippen molar-refractivity contribution in [3.05, 3.63) is 88.0 Å². The molecule has 0 aliphatic heterocycles. The van der Waals surface area contributed by atoms with Gasteiger partial charge in [-0.15, -0.1) is 11.3 Å². The lowest BCUT2D eigenvalue weighted by Gasteiger charge is -2.08. The Morgan fingerprint density at radius 3 is 2.61 bits per heavy atom. The van der Waals surface area contributed by atoms with Gasteiger partial charge in [0, 0.05) is 17.5 Å². The minimum Gasteiger partial charge on any atom is -0.350 e. The standard InChI is InChI=1S/C21H16FN3O2S/c22-16-8-6-15(7-9-16)17-12-28-20-19(17)21(27)25(13-24-20)11-18(26)23-10-14-4-2-1-3-5-14/h1-9,12-13H,10-11H2,(H,23,26). The molecule has 1 amide bonds. The second kappa shape index (κ2) is 7.74. The van der Waals surface area contributed by atoms with Crippen LogP contribution in [0.4, 0.5) is 4.39 Å². The molecule has 0 spiro atoms. The first-order chi connectivity index (χ1) is 13.6. The lowest BCUT2D eigenvalue weighted by Crippen LogP contribution is -2.32. The van der Waals surface area contributed by atoms with Crippen molar-refractivity contribution < 1.29 is 9.18 Å². The molecule has 4 rings (SSSR count). The third-order valence-electron chi connectivity index (χ3n) is 4.36. The molecule has 140 valence electrons. The Bertz CT molecular complexity index is 1180. The van der Waals surface area contributed by atoms with Crippen molar-refractivity contribution in [2.24, 2.45) is 0 Å². The van der Waals surface area contributed by atoms with E-state index in [1.165, 1.54) is 34.4 Å². The fraction of sp³-hybridized carbons (Fsp3) is 0.0952. The second-order valence-electron chi connectivity index (χ2n) is 6.28. The van der Waals surface area contributed by atoms with Crippen LogP contribution in [0.2, 0.25) is 0 Å². The summed E-state index contributed by atoms with van der Waals surface area (Å²) in [5.41, 5.74) is 2.11. The van der Waals surface area contributed by atoms with Crippen molar-refractivity contribution in [3.8, 4) is 11.1 Å². The smallest absolute Gasteiger partial charge is 0.263 e. The van der Waals surface area contributed by atoms with E-state index in [1.54, 1.807) is 12.1 Å². The highest BCUT2D eigenvalue weighted by Crippen LogP contribution is 2.30. The molecule has 0 radical (unpaired) electrons. The number of fused-ring (bicyclic) bond motifs is 1. The highest BCUT2D eigenvalue weighted by atomic mass is 32.1. The Kier molecular flexibility index (Phi) is 4.99. The van der Waals surface area contributed by atoms with Gasteiger partial charge in [0.2, 0.25) is 5.91 Å². The maximum Gasteiger partial charge on any atom is 0.263 e. The molecular weight excluding hydrogens is 377 g/mol. The number of carbonyl (C=O) groups excluding carboxylic acids is 1. The molecule has 1 N–H and O–H groups in total. The zero-order chi connectivity index (χ0) is 19.5. The third-order valence-corrected chi connectivity index (χ3v) is 5.25. The van der Waals surface area contributed by atoms with Gasteiger partial charge in [0.25, 0.3) is 5.56 Å². The summed E-state index contributed by atoms with van der Waals surface area (Å²) in [4.78, 5) is 30.1. The van der Waals surface area contributed by atoms with Gasteiger partial charge in [-0.1, -0.05) is 42.5 Å². The number of hydrogen-bond acceptors (Lipinski definition) is 4. The van der Waals surface area contributed by atoms with Crippen molar-refractivity contribution in [1.29, 1.82) is 0 Å². The van der Waals surface area contributed by atoms with Gasteiger partial charge in [-0.05, 0) is 23.3 Å². The number of thiophene rings is 1. The van der Waals surface area contributed by atoms with E-state index < -0.39 is 0 Å². The first-order valence-corrected chi connectivity index (χ1v) is 9.53. The minimum absolute atomic E-state index is 0.118. The monoisotopic (exact) mass is 393 g/mol. The normalized spacial score (nSPS) is 10.9. The van der Waals surface area contributed by atoms with Crippen LogP contribution < -0.4 is 10.9 Å². The van der Waals surface area contributed by atoms with E-state index in [4.69, 9.17) is 0 Å². The molecule has 28 heavy (non-hydrogen) atoms. The van der Waals surface area contributed by atoms with Crippen LogP contribution in [0.1, 0.15) is 5.56 Å². The van der Waals surface area contributed by atoms with Gasteiger partial charge in [-0.2, -0.15) is 0 Å². The number of nitrogens with one attached hydrogen (secondary N) is 1. The Morgan fingerprint density at radius 2 is 1.86 bits per heavy atom. The Hall–Kier alpha value is -3.32. The summed E-state index contributed by atoms with van der Waals surface area (Å²) in [7, 11) is 0. The predicted molar refractivity (Wildman–Crippen MR) is 108 cm³/mol. The molecule has 0 bridgehead atoms. The van der Waals surface area contributed by atoms with E-state index in [0.29, 0.717) is 22.3 Å². The Balaban J connectivity index is 1.59. The van der Waals surface area contributed by atoms with Gasteiger partial charge in [0.1, 0.15) is 17.2 Å². The number of nitrogens with zero attached hydrogens (tertiary/aromatic N) is 2. The van der Waals surface area contributed by atoms with Crippen LogP contribution in [0.25, 0.3) is 21.3 Å². The molecule has 0 fully saturated rings. The summed E-state index contributed by atoms with van der Waals surface area (Å²) in [5, 5.41) is 5.07. The first-order valence-electron chi connectivity index (χ1n) is 8.65. The molecule has 0 saturated carbocycles. The number of halogens is 1. The van der Waals surface area contributed by atoms with Crippen LogP contribution in [0.15, 0.2) is 71.1 Å². The molecule has 7 heteroatoms. The fourth-order valence-corrected chi connectivity index (χ4v) is 3.84. The van der Waals surface area contributed by atoms with Crippen LogP contribution in [0.5, 0.6) is 0 Å². The summed E-state index contributed by atoms with van der Waals surface area (Å²) in [6, 6.07) is 15.5. The first kappa shape index (κ1) is 18.1. The molecule has 2 heterocycles. The quantitative estimate of drug-likeness (QED) is 0.564. The van der Waals surface area contributed by atoms with Crippen molar-refractivity contribution in [2.75, 3.05) is 0 Å². The largest absolute Gasteiger partial charge is 0.350 e. The average molecular weight is 393 g/mol. The average Bonchev–Trinajstić information content (AvgIpc) is 3.15. The molecule has 0 aliphatic rings. The van der Waals surface area contributed by atoms with Crippen LogP contribution in [0.3, 0.4) is 0 Å². The Morgan fingerprint density at radius 1 is 1.11 bits per heavy atom. The number of benzene rings is 2. The maximum absolute atomic E-state index is 13.2. The molecule has 5 nitrogen and oxygen atoms in total. The summed E-state index contributed by atoms with van der Waals surface area (Å²) in [5.74, 6) is -0.612. The van der Waals surface area contributed by atoms with Gasteiger partial charge in [-0.25, -0.2) is 9.37 Å². The van der Waals surface area contributed by atoms with E-state index in [9.17, 15) is 14.0 Å². The summed E-state index contributed by atoms with van der Waals surface area (Å²) < 4.78 is 14.5. The van der Waals surface area contributed by atoms with Crippen LogP contribution in [-0.4, -0.2) is 15.5 Å². The van der Waals surface area contributed by atoms with Gasteiger partial charge in [0.15, 0.2) is 0 Å². The van der Waals surface area contributed by atoms with Gasteiger partial charge in [0.05, 0.1) is 11.7 Å². The van der Waals surface area contributed by atoms with E-state index in [2.05, 4.69) is 10.3 Å². The SMILES string of the molecule is O=C(Cn1cnc2scc(-c3ccc(F)cc3)c2c1=O)NCc1ccccc1. The molecule has 2 aromatic carbocycles. The number of amides is 1. The minimum atomic E-state index is -0.339. The molecule has 0 unspecified atom stereocenters. The van der Waals surface area contributed by atoms with Gasteiger partial charge < -0.3 is 5.32 Å². The van der Waals surface area contributed by atoms with Gasteiger partial charge >= 0.3 is 0 Å². The number of rotatable bonds is 5. The topological polar surface area (TPSA) is 64.0 Å². The molecule has 0 saturated heterocycles. The summed E-state index contributed by atoms with van der Waals surface area (Å²) in [6.45, 7) is 0.274. The molecule has 2 aromatic heterocycles. The van der Waals surface area contributed by atoms with Gasteiger partial charge in [-0.3, -0.25) is 14.2 Å².